The highest BCUT2D eigenvalue weighted by Crippen LogP contribution is 2.59. The van der Waals surface area contributed by atoms with Crippen LogP contribution in [0.3, 0.4) is 0 Å². The highest BCUT2D eigenvalue weighted by Gasteiger charge is 2.74. The van der Waals surface area contributed by atoms with E-state index in [2.05, 4.69) is 5.32 Å². The second-order valence-corrected chi connectivity index (χ2v) is 16.4. The van der Waals surface area contributed by atoms with Crippen molar-refractivity contribution < 1.29 is 67.8 Å². The molecule has 4 N–H and O–H groups in total. The molecule has 1 saturated carbocycles. The minimum absolute atomic E-state index is 0.0584. The van der Waals surface area contributed by atoms with Gasteiger partial charge in [-0.3, -0.25) is 19.2 Å². The maximum absolute atomic E-state index is 15.3. The van der Waals surface area contributed by atoms with Gasteiger partial charge in [0.2, 0.25) is 0 Å². The zero-order valence-electron chi connectivity index (χ0n) is 34.7. The number of fused-ring (bicyclic) bond motifs is 3. The molecule has 11 atom stereocenters. The number of benzene rings is 3. The molecule has 1 saturated heterocycles. The lowest BCUT2D eigenvalue weighted by atomic mass is 9.50. The Bertz CT molecular complexity index is 2180. The van der Waals surface area contributed by atoms with Gasteiger partial charge in [0.1, 0.15) is 23.9 Å². The number of nitrogens with one attached hydrogen (secondary N) is 1. The highest BCUT2D eigenvalue weighted by molar-refractivity contribution is 5.96. The van der Waals surface area contributed by atoms with Gasteiger partial charge in [0, 0.05) is 32.3 Å². The Morgan fingerprint density at radius 3 is 1.92 bits per heavy atom. The molecule has 2 fully saturated rings. The van der Waals surface area contributed by atoms with Crippen molar-refractivity contribution >= 4 is 35.6 Å². The van der Waals surface area contributed by atoms with E-state index in [9.17, 15) is 39.3 Å². The number of ether oxygens (including phenoxy) is 5. The Labute approximate surface area is 353 Å². The first-order valence-electron chi connectivity index (χ1n) is 20.0. The molecular weight excluding hydrogens is 790 g/mol. The molecule has 6 rings (SSSR count). The fourth-order valence-corrected chi connectivity index (χ4v) is 8.90. The van der Waals surface area contributed by atoms with Crippen LogP contribution >= 0.6 is 0 Å². The zero-order valence-corrected chi connectivity index (χ0v) is 34.7. The Kier molecular flexibility index (Phi) is 13.0. The topological polar surface area (TPSA) is 221 Å². The monoisotopic (exact) mass is 841 g/mol. The van der Waals surface area contributed by atoms with Crippen LogP contribution < -0.4 is 5.32 Å². The molecule has 3 aromatic rings. The number of rotatable bonds is 10. The third-order valence-electron chi connectivity index (χ3n) is 12.3. The van der Waals surface area contributed by atoms with E-state index in [0.29, 0.717) is 5.56 Å². The molecule has 15 heteroatoms. The van der Waals surface area contributed by atoms with Gasteiger partial charge >= 0.3 is 23.9 Å². The van der Waals surface area contributed by atoms with Gasteiger partial charge in [0.05, 0.1) is 35.6 Å². The van der Waals surface area contributed by atoms with Gasteiger partial charge in [-0.25, -0.2) is 9.59 Å². The molecule has 0 radical (unpaired) electrons. The Morgan fingerprint density at radius 1 is 0.803 bits per heavy atom. The van der Waals surface area contributed by atoms with E-state index in [-0.39, 0.29) is 35.3 Å². The van der Waals surface area contributed by atoms with Crippen molar-refractivity contribution in [3.63, 3.8) is 0 Å². The maximum atomic E-state index is 15.3. The molecule has 1 aliphatic heterocycles. The van der Waals surface area contributed by atoms with E-state index in [1.165, 1.54) is 39.8 Å². The molecule has 1 heterocycles. The molecule has 1 amide bonds. The SMILES string of the molecule is CC(=O)O[C@H]1C(=O)[C@@]2(C)C([C@H](OC(=O)c3ccccc3)[C@](C)(O)C[C@H](OC(=O)[C@H](O)[C@@H](NC(=O)c3ccccc3)c3ccccc3)C(C)=C1C)[C@]1(OC(C)=O)CO[C@@H]1C[C@@H]2O. The lowest BCUT2D eigenvalue weighted by Crippen LogP contribution is -2.79. The predicted octanol–water partition coefficient (Wildman–Crippen LogP) is 3.74. The first-order valence-corrected chi connectivity index (χ1v) is 20.0. The van der Waals surface area contributed by atoms with Gasteiger partial charge in [0.25, 0.3) is 5.91 Å². The summed E-state index contributed by atoms with van der Waals surface area (Å²) >= 11 is 0. The highest BCUT2D eigenvalue weighted by atomic mass is 16.6. The van der Waals surface area contributed by atoms with Crippen LogP contribution in [-0.2, 0) is 42.9 Å². The normalized spacial score (nSPS) is 30.8. The van der Waals surface area contributed by atoms with Gasteiger partial charge < -0.3 is 44.3 Å². The number of carbonyl (C=O) groups is 6. The van der Waals surface area contributed by atoms with Crippen molar-refractivity contribution in [2.24, 2.45) is 11.3 Å². The molecule has 1 unspecified atom stereocenters. The standard InChI is InChI=1S/C46H51NO14/c1-25-26(2)37(58-27(3)48)39(52)45(6)33(50)22-34-46(24-57-34,61-28(4)49)38(45)40(60-42(54)31-20-14-9-15-21-31)44(5,56)23-32(25)59-43(55)36(51)35(29-16-10-7-11-17-29)47-41(53)30-18-12-8-13-19-30/h7-21,32-38,40,50-51,56H,22-24H2,1-6H3,(H,47,53)/t32-,33-,34+,35-,36+,37+,38?,40-,44+,45+,46-/m0/s1. The van der Waals surface area contributed by atoms with Crippen LogP contribution in [0.5, 0.6) is 0 Å². The van der Waals surface area contributed by atoms with E-state index in [1.807, 2.05) is 0 Å². The molecule has 324 valence electrons. The number of hydrogen-bond donors (Lipinski definition) is 4. The lowest BCUT2D eigenvalue weighted by Gasteiger charge is -2.64. The summed E-state index contributed by atoms with van der Waals surface area (Å²) in [4.78, 5) is 82.6. The minimum Gasteiger partial charge on any atom is -0.456 e. The molecule has 3 aromatic carbocycles. The molecule has 0 bridgehead atoms. The van der Waals surface area contributed by atoms with Crippen molar-refractivity contribution in [1.82, 2.24) is 5.32 Å². The second-order valence-electron chi connectivity index (χ2n) is 16.4. The number of aliphatic hydroxyl groups is 3. The van der Waals surface area contributed by atoms with Crippen LogP contribution in [0.1, 0.15) is 86.7 Å². The fourth-order valence-electron chi connectivity index (χ4n) is 8.90. The van der Waals surface area contributed by atoms with Crippen LogP contribution in [0.2, 0.25) is 0 Å². The van der Waals surface area contributed by atoms with Gasteiger partial charge in [-0.05, 0) is 68.7 Å². The average Bonchev–Trinajstić information content (AvgIpc) is 3.23. The molecule has 0 spiro atoms. The maximum Gasteiger partial charge on any atom is 0.338 e. The number of esters is 4. The molecule has 0 aromatic heterocycles. The van der Waals surface area contributed by atoms with Gasteiger partial charge in [-0.15, -0.1) is 0 Å². The third kappa shape index (κ3) is 8.73. The van der Waals surface area contributed by atoms with E-state index in [4.69, 9.17) is 23.7 Å². The second kappa shape index (κ2) is 17.7. The van der Waals surface area contributed by atoms with Crippen LogP contribution in [0.25, 0.3) is 0 Å². The molecule has 61 heavy (non-hydrogen) atoms. The summed E-state index contributed by atoms with van der Waals surface area (Å²) in [6.07, 6.45) is -10.5. The number of Topliss-reactive ketones (excluding diaryl/α,β-unsaturated/α-hetero) is 1. The first-order chi connectivity index (χ1) is 28.8. The van der Waals surface area contributed by atoms with Crippen LogP contribution in [0.15, 0.2) is 102 Å². The molecule has 3 aliphatic rings. The van der Waals surface area contributed by atoms with E-state index < -0.39 is 107 Å². The number of hydrogen-bond acceptors (Lipinski definition) is 14. The zero-order chi connectivity index (χ0) is 44.4. The summed E-state index contributed by atoms with van der Waals surface area (Å²) < 4.78 is 29.8. The quantitative estimate of drug-likeness (QED) is 0.130. The molecular formula is C46H51NO14. The van der Waals surface area contributed by atoms with Gasteiger partial charge in [0.15, 0.2) is 23.6 Å². The van der Waals surface area contributed by atoms with Crippen molar-refractivity contribution in [2.45, 2.75) is 108 Å². The van der Waals surface area contributed by atoms with E-state index in [1.54, 1.807) is 78.9 Å². The Hall–Kier alpha value is -5.74. The van der Waals surface area contributed by atoms with Crippen LogP contribution in [0, 0.1) is 11.3 Å². The summed E-state index contributed by atoms with van der Waals surface area (Å²) in [6.45, 7) is 7.50. The van der Waals surface area contributed by atoms with Crippen molar-refractivity contribution in [3.05, 3.63) is 119 Å². The number of aliphatic hydroxyl groups excluding tert-OH is 2. The van der Waals surface area contributed by atoms with Crippen molar-refractivity contribution in [2.75, 3.05) is 6.61 Å². The number of amides is 1. The predicted molar refractivity (Wildman–Crippen MR) is 215 cm³/mol. The molecule has 15 nitrogen and oxygen atoms in total. The summed E-state index contributed by atoms with van der Waals surface area (Å²) in [5.74, 6) is -6.91. The minimum atomic E-state index is -2.30. The smallest absolute Gasteiger partial charge is 0.338 e. The first kappa shape index (κ1) is 44.8. The van der Waals surface area contributed by atoms with Crippen molar-refractivity contribution in [3.8, 4) is 0 Å². The lowest BCUT2D eigenvalue weighted by molar-refractivity contribution is -0.338. The fraction of sp³-hybridized carbons (Fsp3) is 0.435. The van der Waals surface area contributed by atoms with E-state index >= 15 is 4.79 Å². The van der Waals surface area contributed by atoms with Gasteiger partial charge in [-0.1, -0.05) is 66.7 Å². The largest absolute Gasteiger partial charge is 0.456 e. The molecule has 2 aliphatic carbocycles. The van der Waals surface area contributed by atoms with E-state index in [0.717, 1.165) is 13.8 Å². The average molecular weight is 842 g/mol. The van der Waals surface area contributed by atoms with Gasteiger partial charge in [-0.2, -0.15) is 0 Å². The van der Waals surface area contributed by atoms with Crippen LogP contribution in [-0.4, -0.2) is 105 Å². The number of ketones is 1. The van der Waals surface area contributed by atoms with Crippen LogP contribution in [0.4, 0.5) is 0 Å². The summed E-state index contributed by atoms with van der Waals surface area (Å²) in [6, 6.07) is 22.8. The van der Waals surface area contributed by atoms with Crippen molar-refractivity contribution in [1.29, 1.82) is 0 Å². The third-order valence-corrected chi connectivity index (χ3v) is 12.3. The summed E-state index contributed by atoms with van der Waals surface area (Å²) in [5, 5.41) is 39.3. The summed E-state index contributed by atoms with van der Waals surface area (Å²) in [7, 11) is 0. The Morgan fingerprint density at radius 2 is 1.38 bits per heavy atom. The summed E-state index contributed by atoms with van der Waals surface area (Å²) in [5.41, 5.74) is -5.28. The Balaban J connectivity index is 1.49. The number of carbonyl (C=O) groups excluding carboxylic acids is 6.